The molecule has 2 aromatic heterocycles. The lowest BCUT2D eigenvalue weighted by Crippen LogP contribution is -2.07. The zero-order valence-electron chi connectivity index (χ0n) is 11.3. The SMILES string of the molecule is Cc1ccc2c(C)c(-c3cn(CCN)cn3)[nH]c2c1. The topological polar surface area (TPSA) is 59.6 Å². The van der Waals surface area contributed by atoms with Crippen molar-refractivity contribution in [3.05, 3.63) is 41.9 Å². The van der Waals surface area contributed by atoms with E-state index in [1.807, 2.05) is 17.1 Å². The van der Waals surface area contributed by atoms with E-state index >= 15 is 0 Å². The molecule has 0 aliphatic carbocycles. The van der Waals surface area contributed by atoms with Crippen LogP contribution in [0.25, 0.3) is 22.3 Å². The number of aromatic nitrogens is 3. The first-order chi connectivity index (χ1) is 9.19. The van der Waals surface area contributed by atoms with E-state index in [0.29, 0.717) is 6.54 Å². The van der Waals surface area contributed by atoms with Crippen LogP contribution in [-0.4, -0.2) is 21.1 Å². The van der Waals surface area contributed by atoms with Crippen LogP contribution in [0.1, 0.15) is 11.1 Å². The number of hydrogen-bond acceptors (Lipinski definition) is 2. The number of rotatable bonds is 3. The summed E-state index contributed by atoms with van der Waals surface area (Å²) < 4.78 is 2.02. The van der Waals surface area contributed by atoms with E-state index in [2.05, 4.69) is 42.0 Å². The monoisotopic (exact) mass is 254 g/mol. The molecule has 0 spiro atoms. The van der Waals surface area contributed by atoms with Gasteiger partial charge in [0.15, 0.2) is 0 Å². The fourth-order valence-corrected chi connectivity index (χ4v) is 2.47. The molecule has 0 amide bonds. The Balaban J connectivity index is 2.10. The number of imidazole rings is 1. The van der Waals surface area contributed by atoms with Crippen LogP contribution in [0, 0.1) is 13.8 Å². The first-order valence-electron chi connectivity index (χ1n) is 6.50. The van der Waals surface area contributed by atoms with Crippen molar-refractivity contribution >= 4 is 10.9 Å². The Kier molecular flexibility index (Phi) is 2.87. The average molecular weight is 254 g/mol. The molecule has 3 rings (SSSR count). The number of aromatic amines is 1. The number of aryl methyl sites for hydroxylation is 2. The number of nitrogens with zero attached hydrogens (tertiary/aromatic N) is 2. The summed E-state index contributed by atoms with van der Waals surface area (Å²) in [5, 5.41) is 1.26. The number of fused-ring (bicyclic) bond motifs is 1. The molecule has 4 heteroatoms. The summed E-state index contributed by atoms with van der Waals surface area (Å²) in [4.78, 5) is 7.93. The number of hydrogen-bond donors (Lipinski definition) is 2. The van der Waals surface area contributed by atoms with Gasteiger partial charge in [0.25, 0.3) is 0 Å². The van der Waals surface area contributed by atoms with Crippen molar-refractivity contribution in [2.45, 2.75) is 20.4 Å². The lowest BCUT2D eigenvalue weighted by molar-refractivity contribution is 0.708. The zero-order chi connectivity index (χ0) is 13.4. The maximum Gasteiger partial charge on any atom is 0.105 e. The molecule has 2 heterocycles. The van der Waals surface area contributed by atoms with Crippen molar-refractivity contribution in [3.8, 4) is 11.4 Å². The maximum atomic E-state index is 5.56. The Morgan fingerprint density at radius 2 is 2.16 bits per heavy atom. The lowest BCUT2D eigenvalue weighted by atomic mass is 10.1. The van der Waals surface area contributed by atoms with Crippen LogP contribution in [0.5, 0.6) is 0 Å². The highest BCUT2D eigenvalue weighted by atomic mass is 15.0. The van der Waals surface area contributed by atoms with Crippen molar-refractivity contribution in [2.24, 2.45) is 5.73 Å². The largest absolute Gasteiger partial charge is 0.353 e. The van der Waals surface area contributed by atoms with E-state index in [4.69, 9.17) is 5.73 Å². The third kappa shape index (κ3) is 2.04. The van der Waals surface area contributed by atoms with Gasteiger partial charge in [0, 0.05) is 30.2 Å². The molecular weight excluding hydrogens is 236 g/mol. The van der Waals surface area contributed by atoms with Crippen molar-refractivity contribution in [1.82, 2.24) is 14.5 Å². The fraction of sp³-hybridized carbons (Fsp3) is 0.267. The molecule has 0 atom stereocenters. The molecule has 0 saturated carbocycles. The van der Waals surface area contributed by atoms with Crippen molar-refractivity contribution in [3.63, 3.8) is 0 Å². The summed E-state index contributed by atoms with van der Waals surface area (Å²) >= 11 is 0. The number of H-pyrrole nitrogens is 1. The molecule has 0 radical (unpaired) electrons. The third-order valence-corrected chi connectivity index (χ3v) is 3.49. The van der Waals surface area contributed by atoms with Crippen LogP contribution in [0.4, 0.5) is 0 Å². The quantitative estimate of drug-likeness (QED) is 0.754. The molecule has 0 aliphatic heterocycles. The van der Waals surface area contributed by atoms with Gasteiger partial charge < -0.3 is 15.3 Å². The van der Waals surface area contributed by atoms with Gasteiger partial charge >= 0.3 is 0 Å². The van der Waals surface area contributed by atoms with Gasteiger partial charge in [-0.2, -0.15) is 0 Å². The van der Waals surface area contributed by atoms with Gasteiger partial charge in [-0.3, -0.25) is 0 Å². The highest BCUT2D eigenvalue weighted by Gasteiger charge is 2.11. The molecule has 1 aromatic carbocycles. The molecule has 0 unspecified atom stereocenters. The number of benzene rings is 1. The second-order valence-electron chi connectivity index (χ2n) is 4.96. The zero-order valence-corrected chi connectivity index (χ0v) is 11.3. The van der Waals surface area contributed by atoms with E-state index in [1.54, 1.807) is 0 Å². The third-order valence-electron chi connectivity index (χ3n) is 3.49. The Labute approximate surface area is 112 Å². The van der Waals surface area contributed by atoms with E-state index in [0.717, 1.165) is 17.9 Å². The van der Waals surface area contributed by atoms with Crippen LogP contribution in [-0.2, 0) is 6.54 Å². The number of nitrogens with one attached hydrogen (secondary N) is 1. The summed E-state index contributed by atoms with van der Waals surface area (Å²) in [6, 6.07) is 6.47. The fourth-order valence-electron chi connectivity index (χ4n) is 2.47. The Hall–Kier alpha value is -2.07. The first-order valence-corrected chi connectivity index (χ1v) is 6.50. The van der Waals surface area contributed by atoms with Gasteiger partial charge in [-0.05, 0) is 31.0 Å². The van der Waals surface area contributed by atoms with E-state index in [1.165, 1.54) is 22.0 Å². The minimum Gasteiger partial charge on any atom is -0.353 e. The Morgan fingerprint density at radius 1 is 1.32 bits per heavy atom. The molecule has 0 fully saturated rings. The van der Waals surface area contributed by atoms with Crippen LogP contribution in [0.3, 0.4) is 0 Å². The highest BCUT2D eigenvalue weighted by molar-refractivity contribution is 5.90. The summed E-state index contributed by atoms with van der Waals surface area (Å²) in [5.41, 5.74) is 11.3. The highest BCUT2D eigenvalue weighted by Crippen LogP contribution is 2.29. The minimum atomic E-state index is 0.626. The molecule has 4 nitrogen and oxygen atoms in total. The van der Waals surface area contributed by atoms with Crippen molar-refractivity contribution in [2.75, 3.05) is 6.54 Å². The van der Waals surface area contributed by atoms with E-state index in [-0.39, 0.29) is 0 Å². The predicted octanol–water partition coefficient (Wildman–Crippen LogP) is 2.61. The first kappa shape index (κ1) is 12.0. The van der Waals surface area contributed by atoms with Gasteiger partial charge in [0.1, 0.15) is 5.69 Å². The Bertz CT molecular complexity index is 721. The summed E-state index contributed by atoms with van der Waals surface area (Å²) in [5.74, 6) is 0. The summed E-state index contributed by atoms with van der Waals surface area (Å²) in [6.07, 6.45) is 3.87. The van der Waals surface area contributed by atoms with Crippen LogP contribution < -0.4 is 5.73 Å². The van der Waals surface area contributed by atoms with Gasteiger partial charge in [-0.25, -0.2) is 4.98 Å². The molecule has 3 aromatic rings. The van der Waals surface area contributed by atoms with Crippen LogP contribution in [0.2, 0.25) is 0 Å². The molecule has 0 saturated heterocycles. The number of nitrogens with two attached hydrogens (primary N) is 1. The molecule has 3 N–H and O–H groups in total. The summed E-state index contributed by atoms with van der Waals surface area (Å²) in [7, 11) is 0. The molecule has 0 bridgehead atoms. The molecular formula is C15H18N4. The lowest BCUT2D eigenvalue weighted by Gasteiger charge is -1.96. The second-order valence-corrected chi connectivity index (χ2v) is 4.96. The van der Waals surface area contributed by atoms with Gasteiger partial charge in [0.2, 0.25) is 0 Å². The molecule has 98 valence electrons. The summed E-state index contributed by atoms with van der Waals surface area (Å²) in [6.45, 7) is 5.66. The Morgan fingerprint density at radius 3 is 2.95 bits per heavy atom. The maximum absolute atomic E-state index is 5.56. The van der Waals surface area contributed by atoms with E-state index in [9.17, 15) is 0 Å². The van der Waals surface area contributed by atoms with Gasteiger partial charge in [-0.15, -0.1) is 0 Å². The molecule has 19 heavy (non-hydrogen) atoms. The van der Waals surface area contributed by atoms with Crippen molar-refractivity contribution in [1.29, 1.82) is 0 Å². The van der Waals surface area contributed by atoms with Crippen LogP contribution in [0.15, 0.2) is 30.7 Å². The standard InChI is InChI=1S/C15H18N4/c1-10-3-4-12-11(2)15(18-13(12)7-10)14-8-19(6-5-16)9-17-14/h3-4,7-9,18H,5-6,16H2,1-2H3. The van der Waals surface area contributed by atoms with Crippen LogP contribution >= 0.6 is 0 Å². The minimum absolute atomic E-state index is 0.626. The average Bonchev–Trinajstić information content (AvgIpc) is 2.95. The van der Waals surface area contributed by atoms with E-state index < -0.39 is 0 Å². The van der Waals surface area contributed by atoms with Gasteiger partial charge in [-0.1, -0.05) is 12.1 Å². The normalized spacial score (nSPS) is 11.3. The smallest absolute Gasteiger partial charge is 0.105 e. The second kappa shape index (κ2) is 4.55. The predicted molar refractivity (Wildman–Crippen MR) is 78.0 cm³/mol. The van der Waals surface area contributed by atoms with Crippen molar-refractivity contribution < 1.29 is 0 Å². The molecule has 0 aliphatic rings. The van der Waals surface area contributed by atoms with Gasteiger partial charge in [0.05, 0.1) is 12.0 Å².